The lowest BCUT2D eigenvalue weighted by atomic mass is 9.93. The van der Waals surface area contributed by atoms with Crippen molar-refractivity contribution < 1.29 is 9.59 Å². The fraction of sp³-hybridized carbons (Fsp3) is 0.900. The summed E-state index contributed by atoms with van der Waals surface area (Å²) in [5.41, 5.74) is -0.337. The van der Waals surface area contributed by atoms with Crippen molar-refractivity contribution in [3.63, 3.8) is 0 Å². The molecule has 1 unspecified atom stereocenters. The Morgan fingerprint density at radius 2 is 1.65 bits per heavy atom. The zero-order chi connectivity index (χ0) is 19.3. The summed E-state index contributed by atoms with van der Waals surface area (Å²) >= 11 is 0. The summed E-state index contributed by atoms with van der Waals surface area (Å²) in [5, 5.41) is 3.14. The van der Waals surface area contributed by atoms with E-state index in [2.05, 4.69) is 15.1 Å². The van der Waals surface area contributed by atoms with Gasteiger partial charge in [-0.1, -0.05) is 33.6 Å². The fourth-order valence-electron chi connectivity index (χ4n) is 4.14. The molecule has 6 nitrogen and oxygen atoms in total. The highest BCUT2D eigenvalue weighted by atomic mass is 16.2. The number of rotatable bonds is 6. The van der Waals surface area contributed by atoms with E-state index in [1.165, 1.54) is 12.8 Å². The van der Waals surface area contributed by atoms with Gasteiger partial charge in [-0.15, -0.1) is 0 Å². The van der Waals surface area contributed by atoms with Crippen LogP contribution >= 0.6 is 0 Å². The van der Waals surface area contributed by atoms with Gasteiger partial charge in [0.25, 0.3) is 0 Å². The monoisotopic (exact) mass is 366 g/mol. The maximum Gasteiger partial charge on any atom is 0.237 e. The molecule has 1 saturated carbocycles. The highest BCUT2D eigenvalue weighted by Gasteiger charge is 2.38. The van der Waals surface area contributed by atoms with Crippen molar-refractivity contribution in [2.24, 2.45) is 11.3 Å². The summed E-state index contributed by atoms with van der Waals surface area (Å²) in [4.78, 5) is 31.8. The van der Waals surface area contributed by atoms with Crippen molar-refractivity contribution in [1.29, 1.82) is 0 Å². The van der Waals surface area contributed by atoms with Crippen LogP contribution in [0.25, 0.3) is 0 Å². The first-order valence-corrected chi connectivity index (χ1v) is 10.2. The third-order valence-electron chi connectivity index (χ3n) is 5.61. The molecule has 0 aromatic heterocycles. The number of carbonyl (C=O) groups excluding carboxylic acids is 2. The minimum atomic E-state index is -0.337. The second kappa shape index (κ2) is 9.18. The molecule has 1 aliphatic heterocycles. The molecule has 6 heteroatoms. The first-order chi connectivity index (χ1) is 12.2. The summed E-state index contributed by atoms with van der Waals surface area (Å²) < 4.78 is 0. The number of amides is 2. The molecular weight excluding hydrogens is 328 g/mol. The Labute approximate surface area is 159 Å². The minimum Gasteiger partial charge on any atom is -0.353 e. The van der Waals surface area contributed by atoms with Gasteiger partial charge in [0.15, 0.2) is 0 Å². The Kier molecular flexibility index (Phi) is 7.47. The van der Waals surface area contributed by atoms with E-state index in [0.29, 0.717) is 12.5 Å². The molecule has 1 heterocycles. The highest BCUT2D eigenvalue weighted by Crippen LogP contribution is 2.31. The predicted octanol–water partition coefficient (Wildman–Crippen LogP) is 1.41. The smallest absolute Gasteiger partial charge is 0.237 e. The molecule has 1 saturated heterocycles. The SMILES string of the molecule is CN(C)CCNC(=O)C(C1CCCC1)N1CCN(C(=O)C(C)(C)C)CC1. The van der Waals surface area contributed by atoms with E-state index >= 15 is 0 Å². The van der Waals surface area contributed by atoms with Crippen LogP contribution in [0.15, 0.2) is 0 Å². The van der Waals surface area contributed by atoms with Crippen LogP contribution < -0.4 is 5.32 Å². The number of carbonyl (C=O) groups is 2. The fourth-order valence-corrected chi connectivity index (χ4v) is 4.14. The zero-order valence-electron chi connectivity index (χ0n) is 17.4. The molecule has 2 rings (SSSR count). The van der Waals surface area contributed by atoms with Crippen LogP contribution in [0.2, 0.25) is 0 Å². The molecule has 1 atom stereocenters. The van der Waals surface area contributed by atoms with Crippen LogP contribution in [0.3, 0.4) is 0 Å². The van der Waals surface area contributed by atoms with Gasteiger partial charge in [0, 0.05) is 44.7 Å². The minimum absolute atomic E-state index is 0.0356. The second-order valence-electron chi connectivity index (χ2n) is 9.16. The number of piperazine rings is 1. The normalized spacial score (nSPS) is 21.2. The maximum atomic E-state index is 12.9. The lowest BCUT2D eigenvalue weighted by Gasteiger charge is -2.42. The molecule has 150 valence electrons. The van der Waals surface area contributed by atoms with Crippen LogP contribution in [-0.4, -0.2) is 85.9 Å². The highest BCUT2D eigenvalue weighted by molar-refractivity contribution is 5.83. The zero-order valence-corrected chi connectivity index (χ0v) is 17.4. The summed E-state index contributed by atoms with van der Waals surface area (Å²) in [6.07, 6.45) is 4.75. The van der Waals surface area contributed by atoms with E-state index in [1.807, 2.05) is 39.8 Å². The number of hydrogen-bond donors (Lipinski definition) is 1. The number of hydrogen-bond acceptors (Lipinski definition) is 4. The van der Waals surface area contributed by atoms with Gasteiger partial charge < -0.3 is 15.1 Å². The van der Waals surface area contributed by atoms with E-state index in [4.69, 9.17) is 0 Å². The predicted molar refractivity (Wildman–Crippen MR) is 105 cm³/mol. The lowest BCUT2D eigenvalue weighted by molar-refractivity contribution is -0.142. The van der Waals surface area contributed by atoms with Crippen LogP contribution in [-0.2, 0) is 9.59 Å². The molecule has 0 bridgehead atoms. The molecule has 1 N–H and O–H groups in total. The van der Waals surface area contributed by atoms with Crippen molar-refractivity contribution in [3.05, 3.63) is 0 Å². The third kappa shape index (κ3) is 5.68. The van der Waals surface area contributed by atoms with Crippen LogP contribution in [0, 0.1) is 11.3 Å². The van der Waals surface area contributed by atoms with Crippen molar-refractivity contribution in [3.8, 4) is 0 Å². The second-order valence-corrected chi connectivity index (χ2v) is 9.16. The quantitative estimate of drug-likeness (QED) is 0.772. The van der Waals surface area contributed by atoms with E-state index < -0.39 is 0 Å². The van der Waals surface area contributed by atoms with Gasteiger partial charge in [-0.05, 0) is 32.9 Å². The molecule has 0 radical (unpaired) electrons. The molecule has 2 fully saturated rings. The first kappa shape index (κ1) is 21.2. The lowest BCUT2D eigenvalue weighted by Crippen LogP contribution is -2.59. The molecule has 0 aromatic carbocycles. The van der Waals surface area contributed by atoms with Crippen molar-refractivity contribution in [2.75, 3.05) is 53.4 Å². The van der Waals surface area contributed by atoms with Gasteiger partial charge in [0.05, 0.1) is 6.04 Å². The van der Waals surface area contributed by atoms with Crippen molar-refractivity contribution in [2.45, 2.75) is 52.5 Å². The van der Waals surface area contributed by atoms with Crippen molar-refractivity contribution >= 4 is 11.8 Å². The Morgan fingerprint density at radius 1 is 1.08 bits per heavy atom. The number of nitrogens with one attached hydrogen (secondary N) is 1. The van der Waals surface area contributed by atoms with Crippen molar-refractivity contribution in [1.82, 2.24) is 20.0 Å². The summed E-state index contributed by atoms with van der Waals surface area (Å²) in [6.45, 7) is 10.5. The number of likely N-dealkylation sites (N-methyl/N-ethyl adjacent to an activating group) is 1. The first-order valence-electron chi connectivity index (χ1n) is 10.2. The van der Waals surface area contributed by atoms with Gasteiger partial charge in [-0.2, -0.15) is 0 Å². The molecule has 0 spiro atoms. The third-order valence-corrected chi connectivity index (χ3v) is 5.61. The Balaban J connectivity index is 1.96. The Morgan fingerprint density at radius 3 is 2.15 bits per heavy atom. The average molecular weight is 367 g/mol. The van der Waals surface area contributed by atoms with Crippen LogP contribution in [0.5, 0.6) is 0 Å². The van der Waals surface area contributed by atoms with E-state index in [0.717, 1.165) is 45.6 Å². The van der Waals surface area contributed by atoms with E-state index in [1.54, 1.807) is 0 Å². The van der Waals surface area contributed by atoms with Gasteiger partial charge in [0.1, 0.15) is 0 Å². The molecule has 2 aliphatic rings. The maximum absolute atomic E-state index is 12.9. The van der Waals surface area contributed by atoms with Gasteiger partial charge in [-0.3, -0.25) is 14.5 Å². The topological polar surface area (TPSA) is 55.9 Å². The molecular formula is C20H38N4O2. The molecule has 2 amide bonds. The summed E-state index contributed by atoms with van der Waals surface area (Å²) in [5.74, 6) is 0.846. The summed E-state index contributed by atoms with van der Waals surface area (Å²) in [6, 6.07) is -0.0356. The van der Waals surface area contributed by atoms with Gasteiger partial charge in [0.2, 0.25) is 11.8 Å². The Bertz CT molecular complexity index is 473. The molecule has 26 heavy (non-hydrogen) atoms. The molecule has 1 aliphatic carbocycles. The van der Waals surface area contributed by atoms with Crippen LogP contribution in [0.4, 0.5) is 0 Å². The number of nitrogens with zero attached hydrogens (tertiary/aromatic N) is 3. The van der Waals surface area contributed by atoms with Gasteiger partial charge >= 0.3 is 0 Å². The summed E-state index contributed by atoms with van der Waals surface area (Å²) in [7, 11) is 4.04. The Hall–Kier alpha value is -1.14. The van der Waals surface area contributed by atoms with E-state index in [-0.39, 0.29) is 23.3 Å². The standard InChI is InChI=1S/C20H38N4O2/c1-20(2,3)19(26)24-14-12-23(13-15-24)17(16-8-6-7-9-16)18(25)21-10-11-22(4)5/h16-17H,6-15H2,1-5H3,(H,21,25). The van der Waals surface area contributed by atoms with E-state index in [9.17, 15) is 9.59 Å². The largest absolute Gasteiger partial charge is 0.353 e. The van der Waals surface area contributed by atoms with Gasteiger partial charge in [-0.25, -0.2) is 0 Å². The van der Waals surface area contributed by atoms with Crippen LogP contribution in [0.1, 0.15) is 46.5 Å². The molecule has 0 aromatic rings. The average Bonchev–Trinajstić information content (AvgIpc) is 3.08.